The molecule has 0 radical (unpaired) electrons. The Hall–Kier alpha value is 0.0969. The van der Waals surface area contributed by atoms with Gasteiger partial charge in [-0.15, -0.1) is 0 Å². The maximum atomic E-state index is 3.48. The van der Waals surface area contributed by atoms with E-state index in [0.717, 1.165) is 0 Å². The zero-order chi connectivity index (χ0) is 8.91. The van der Waals surface area contributed by atoms with E-state index in [0.29, 0.717) is 5.67 Å². The molecule has 0 saturated carbocycles. The molecule has 68 valence electrons. The summed E-state index contributed by atoms with van der Waals surface area (Å²) < 4.78 is 0. The lowest BCUT2D eigenvalue weighted by atomic mass is 10.3. The Bertz CT molecular complexity index is 104. The van der Waals surface area contributed by atoms with Crippen LogP contribution in [0.25, 0.3) is 0 Å². The van der Waals surface area contributed by atoms with Crippen LogP contribution in [0.1, 0.15) is 20.3 Å². The number of nitrogens with one attached hydrogen (secondary N) is 3. The Morgan fingerprint density at radius 2 is 1.82 bits per heavy atom. The molecule has 0 fully saturated rings. The molecule has 0 aromatic rings. The molecule has 3 N–H and O–H groups in total. The third-order valence-corrected chi connectivity index (χ3v) is 3.25. The molecule has 0 aromatic heterocycles. The zero-order valence-corrected chi connectivity index (χ0v) is 10.3. The third-order valence-electron chi connectivity index (χ3n) is 2.15. The van der Waals surface area contributed by atoms with Crippen molar-refractivity contribution in [3.63, 3.8) is 0 Å². The third kappa shape index (κ3) is 3.86. The second-order valence-corrected chi connectivity index (χ2v) is 4.47. The summed E-state index contributed by atoms with van der Waals surface area (Å²) in [6.07, 6.45) is 1.20. The van der Waals surface area contributed by atoms with Gasteiger partial charge in [0.2, 0.25) is 0 Å². The Morgan fingerprint density at radius 3 is 2.09 bits per heavy atom. The molecule has 3 nitrogen and oxygen atoms in total. The van der Waals surface area contributed by atoms with Gasteiger partial charge < -0.3 is 0 Å². The molecule has 0 aromatic carbocycles. The lowest BCUT2D eigenvalue weighted by molar-refractivity contribution is 0.246. The van der Waals surface area contributed by atoms with Gasteiger partial charge in [0.15, 0.2) is 0 Å². The van der Waals surface area contributed by atoms with E-state index in [1.165, 1.54) is 16.7 Å². The van der Waals surface area contributed by atoms with Crippen molar-refractivity contribution in [2.24, 2.45) is 0 Å². The van der Waals surface area contributed by atoms with Gasteiger partial charge in [-0.25, -0.2) is 0 Å². The van der Waals surface area contributed by atoms with Gasteiger partial charge in [-0.3, -0.25) is 16.0 Å². The van der Waals surface area contributed by atoms with E-state index in [9.17, 15) is 0 Å². The molecule has 0 heterocycles. The molecule has 0 aliphatic heterocycles. The molecule has 1 unspecified atom stereocenters. The minimum absolute atomic E-state index is 0.109. The summed E-state index contributed by atoms with van der Waals surface area (Å²) >= 11 is 0. The van der Waals surface area contributed by atoms with Gasteiger partial charge in [0, 0.05) is 10.2 Å². The van der Waals surface area contributed by atoms with Crippen LogP contribution in [-0.4, -0.2) is 35.8 Å². The van der Waals surface area contributed by atoms with Gasteiger partial charge in [0.05, 0.1) is 0 Å². The van der Waals surface area contributed by atoms with Crippen LogP contribution in [0.3, 0.4) is 0 Å². The Labute approximate surface area is 72.7 Å². The first kappa shape index (κ1) is 11.1. The molecule has 0 aliphatic carbocycles. The molecule has 0 amide bonds. The summed E-state index contributed by atoms with van der Waals surface area (Å²) in [5, 5.41) is 9.87. The predicted molar refractivity (Wildman–Crippen MR) is 53.7 cm³/mol. The van der Waals surface area contributed by atoms with Gasteiger partial charge in [-0.2, -0.15) is 0 Å². The fourth-order valence-corrected chi connectivity index (χ4v) is 1.44. The molecular formula is C7H21N3Si. The lowest BCUT2D eigenvalue weighted by Crippen LogP contribution is -2.64. The van der Waals surface area contributed by atoms with Crippen LogP contribution in [0, 0.1) is 0 Å². The maximum absolute atomic E-state index is 3.48. The van der Waals surface area contributed by atoms with Crippen LogP contribution < -0.4 is 16.0 Å². The van der Waals surface area contributed by atoms with Crippen molar-refractivity contribution in [1.29, 1.82) is 0 Å². The molecule has 0 aliphatic rings. The normalized spacial score (nSPS) is 15.3. The number of rotatable bonds is 5. The molecule has 0 saturated heterocycles. The highest BCUT2D eigenvalue weighted by Gasteiger charge is 2.19. The van der Waals surface area contributed by atoms with Crippen LogP contribution in [0.4, 0.5) is 0 Å². The summed E-state index contributed by atoms with van der Waals surface area (Å²) in [5.41, 5.74) is 0.667. The number of hydrogen-bond acceptors (Lipinski definition) is 3. The maximum Gasteiger partial charge on any atom is 0.119 e. The van der Waals surface area contributed by atoms with E-state index < -0.39 is 0 Å². The predicted octanol–water partition coefficient (Wildman–Crippen LogP) is -1.21. The Kier molecular flexibility index (Phi) is 4.91. The molecular weight excluding hydrogens is 154 g/mol. The van der Waals surface area contributed by atoms with E-state index in [2.05, 4.69) is 29.8 Å². The van der Waals surface area contributed by atoms with Crippen molar-refractivity contribution in [3.05, 3.63) is 0 Å². The van der Waals surface area contributed by atoms with Crippen molar-refractivity contribution in [3.8, 4) is 0 Å². The van der Waals surface area contributed by atoms with E-state index in [1.54, 1.807) is 0 Å². The molecule has 4 heteroatoms. The first-order chi connectivity index (χ1) is 5.08. The highest BCUT2D eigenvalue weighted by Crippen LogP contribution is 1.94. The minimum atomic E-state index is -0.109. The number of hydrogen-bond donors (Lipinski definition) is 3. The van der Waals surface area contributed by atoms with Crippen LogP contribution in [-0.2, 0) is 0 Å². The lowest BCUT2D eigenvalue weighted by Gasteiger charge is -2.33. The SMILES string of the molecule is CCC([SiH3])NC(C)(NC)NC. The average Bonchev–Trinajstić information content (AvgIpc) is 2.04. The fourth-order valence-electron chi connectivity index (χ4n) is 0.864. The largest absolute Gasteiger partial charge is 0.290 e. The second kappa shape index (κ2) is 4.87. The molecule has 0 spiro atoms. The standard InChI is InChI=1S/C7H21N3Si/c1-5-6(11)10-7(2,8-3)9-4/h6,8-10H,5H2,1-4,11H3. The van der Waals surface area contributed by atoms with Gasteiger partial charge in [0.25, 0.3) is 0 Å². The first-order valence-electron chi connectivity index (χ1n) is 4.23. The summed E-state index contributed by atoms with van der Waals surface area (Å²) in [5.74, 6) is -0.109. The summed E-state index contributed by atoms with van der Waals surface area (Å²) in [7, 11) is 5.09. The first-order valence-corrected chi connectivity index (χ1v) is 5.39. The van der Waals surface area contributed by atoms with Gasteiger partial charge in [0.1, 0.15) is 5.79 Å². The highest BCUT2D eigenvalue weighted by molar-refractivity contribution is 6.11. The van der Waals surface area contributed by atoms with Gasteiger partial charge >= 0.3 is 0 Å². The van der Waals surface area contributed by atoms with E-state index in [-0.39, 0.29) is 5.79 Å². The van der Waals surface area contributed by atoms with Crippen molar-refractivity contribution < 1.29 is 0 Å². The topological polar surface area (TPSA) is 36.1 Å². The summed E-state index contributed by atoms with van der Waals surface area (Å²) in [6, 6.07) is 0. The summed E-state index contributed by atoms with van der Waals surface area (Å²) in [6.45, 7) is 4.31. The van der Waals surface area contributed by atoms with Crippen LogP contribution >= 0.6 is 0 Å². The zero-order valence-electron chi connectivity index (χ0n) is 8.28. The van der Waals surface area contributed by atoms with Crippen LogP contribution in [0.2, 0.25) is 0 Å². The van der Waals surface area contributed by atoms with E-state index in [1.807, 2.05) is 14.1 Å². The summed E-state index contributed by atoms with van der Waals surface area (Å²) in [4.78, 5) is 0. The Morgan fingerprint density at radius 1 is 1.36 bits per heavy atom. The highest BCUT2D eigenvalue weighted by atomic mass is 28.1. The monoisotopic (exact) mass is 175 g/mol. The van der Waals surface area contributed by atoms with Crippen molar-refractivity contribution in [2.45, 2.75) is 31.7 Å². The molecule has 0 bridgehead atoms. The van der Waals surface area contributed by atoms with Gasteiger partial charge in [-0.1, -0.05) is 6.92 Å². The molecule has 1 atom stereocenters. The van der Waals surface area contributed by atoms with E-state index >= 15 is 0 Å². The van der Waals surface area contributed by atoms with Crippen molar-refractivity contribution in [1.82, 2.24) is 16.0 Å². The second-order valence-electron chi connectivity index (χ2n) is 3.08. The fraction of sp³-hybridized carbons (Fsp3) is 1.00. The minimum Gasteiger partial charge on any atom is -0.290 e. The smallest absolute Gasteiger partial charge is 0.119 e. The quantitative estimate of drug-likeness (QED) is 0.362. The van der Waals surface area contributed by atoms with E-state index in [4.69, 9.17) is 0 Å². The molecule has 11 heavy (non-hydrogen) atoms. The van der Waals surface area contributed by atoms with Crippen LogP contribution in [0.15, 0.2) is 0 Å². The Balaban J connectivity index is 3.86. The van der Waals surface area contributed by atoms with Crippen molar-refractivity contribution >= 4 is 10.2 Å². The molecule has 0 rings (SSSR count). The van der Waals surface area contributed by atoms with Crippen molar-refractivity contribution in [2.75, 3.05) is 14.1 Å². The van der Waals surface area contributed by atoms with Crippen LogP contribution in [0.5, 0.6) is 0 Å². The average molecular weight is 175 g/mol. The van der Waals surface area contributed by atoms with Gasteiger partial charge in [-0.05, 0) is 33.1 Å².